The van der Waals surface area contributed by atoms with Crippen molar-refractivity contribution in [2.75, 3.05) is 31.1 Å². The molecule has 7 nitrogen and oxygen atoms in total. The number of piperazine rings is 1. The summed E-state index contributed by atoms with van der Waals surface area (Å²) in [5.41, 5.74) is 2.10. The van der Waals surface area contributed by atoms with Gasteiger partial charge in [-0.25, -0.2) is 23.7 Å². The van der Waals surface area contributed by atoms with E-state index in [4.69, 9.17) is 0 Å². The molecule has 4 rings (SSSR count). The van der Waals surface area contributed by atoms with Crippen LogP contribution in [0.15, 0.2) is 30.6 Å². The lowest BCUT2D eigenvalue weighted by Crippen LogP contribution is -2.49. The van der Waals surface area contributed by atoms with Gasteiger partial charge in [-0.1, -0.05) is 0 Å². The quantitative estimate of drug-likeness (QED) is 0.662. The van der Waals surface area contributed by atoms with Gasteiger partial charge in [-0.2, -0.15) is 0 Å². The van der Waals surface area contributed by atoms with Crippen LogP contribution < -0.4 is 4.90 Å². The first-order valence-electron chi connectivity index (χ1n) is 9.69. The molecule has 1 saturated heterocycles. The number of halogens is 2. The van der Waals surface area contributed by atoms with Crippen molar-refractivity contribution in [2.45, 2.75) is 20.8 Å². The van der Waals surface area contributed by atoms with Crippen LogP contribution in [0.1, 0.15) is 27.6 Å². The number of carbonyl (C=O) groups is 1. The van der Waals surface area contributed by atoms with E-state index in [1.807, 2.05) is 31.4 Å². The standard InChI is InChI=1S/C21H22F2N6O/c1-13-14(2)29(12-24-13)20-11-19(25-15(3)26-20)27-6-8-28(9-7-27)21(30)16-4-5-17(22)18(23)10-16/h4-5,10-12H,6-9H2,1-3H3. The average Bonchev–Trinajstić information content (AvgIpc) is 3.08. The molecule has 1 aromatic carbocycles. The number of benzene rings is 1. The monoisotopic (exact) mass is 412 g/mol. The third-order valence-corrected chi connectivity index (χ3v) is 5.37. The van der Waals surface area contributed by atoms with Crippen molar-refractivity contribution in [3.8, 4) is 5.82 Å². The summed E-state index contributed by atoms with van der Waals surface area (Å²) in [4.78, 5) is 29.8. The highest BCUT2D eigenvalue weighted by atomic mass is 19.2. The molecule has 0 saturated carbocycles. The summed E-state index contributed by atoms with van der Waals surface area (Å²) in [7, 11) is 0. The van der Waals surface area contributed by atoms with Gasteiger partial charge >= 0.3 is 0 Å². The zero-order valence-corrected chi connectivity index (χ0v) is 17.1. The van der Waals surface area contributed by atoms with E-state index in [2.05, 4.69) is 19.9 Å². The fourth-order valence-corrected chi connectivity index (χ4v) is 3.50. The third-order valence-electron chi connectivity index (χ3n) is 5.37. The van der Waals surface area contributed by atoms with Crippen molar-refractivity contribution in [1.82, 2.24) is 24.4 Å². The topological polar surface area (TPSA) is 67.2 Å². The van der Waals surface area contributed by atoms with Crippen molar-refractivity contribution in [3.05, 3.63) is 65.0 Å². The summed E-state index contributed by atoms with van der Waals surface area (Å²) in [6, 6.07) is 5.14. The molecule has 0 radical (unpaired) electrons. The van der Waals surface area contributed by atoms with E-state index in [0.717, 1.165) is 35.2 Å². The second kappa shape index (κ2) is 7.81. The zero-order valence-electron chi connectivity index (χ0n) is 17.1. The van der Waals surface area contributed by atoms with Crippen LogP contribution in [0.5, 0.6) is 0 Å². The molecule has 3 heterocycles. The summed E-state index contributed by atoms with van der Waals surface area (Å²) in [6.45, 7) is 7.85. The highest BCUT2D eigenvalue weighted by molar-refractivity contribution is 5.94. The molecule has 156 valence electrons. The lowest BCUT2D eigenvalue weighted by Gasteiger charge is -2.35. The average molecular weight is 412 g/mol. The van der Waals surface area contributed by atoms with E-state index >= 15 is 0 Å². The van der Waals surface area contributed by atoms with Crippen molar-refractivity contribution >= 4 is 11.7 Å². The van der Waals surface area contributed by atoms with Crippen molar-refractivity contribution < 1.29 is 13.6 Å². The number of anilines is 1. The first-order valence-corrected chi connectivity index (χ1v) is 9.69. The maximum Gasteiger partial charge on any atom is 0.254 e. The van der Waals surface area contributed by atoms with Crippen LogP contribution in [0, 0.1) is 32.4 Å². The minimum atomic E-state index is -1.02. The second-order valence-corrected chi connectivity index (χ2v) is 7.33. The molecule has 30 heavy (non-hydrogen) atoms. The van der Waals surface area contributed by atoms with Gasteiger partial charge in [-0.15, -0.1) is 0 Å². The first-order chi connectivity index (χ1) is 14.3. The van der Waals surface area contributed by atoms with Crippen LogP contribution in [-0.4, -0.2) is 56.5 Å². The van der Waals surface area contributed by atoms with E-state index in [9.17, 15) is 13.6 Å². The van der Waals surface area contributed by atoms with E-state index in [-0.39, 0.29) is 11.5 Å². The molecular formula is C21H22F2N6O. The number of hydrogen-bond acceptors (Lipinski definition) is 5. The number of carbonyl (C=O) groups excluding carboxylic acids is 1. The number of aromatic nitrogens is 4. The summed E-state index contributed by atoms with van der Waals surface area (Å²) >= 11 is 0. The molecule has 2 aromatic heterocycles. The van der Waals surface area contributed by atoms with Gasteiger partial charge in [0.25, 0.3) is 5.91 Å². The predicted molar refractivity (Wildman–Crippen MR) is 108 cm³/mol. The Kier molecular flexibility index (Phi) is 5.19. The molecule has 9 heteroatoms. The van der Waals surface area contributed by atoms with E-state index in [1.54, 1.807) is 11.2 Å². The van der Waals surface area contributed by atoms with Gasteiger partial charge in [-0.3, -0.25) is 9.36 Å². The van der Waals surface area contributed by atoms with Crippen LogP contribution in [0.2, 0.25) is 0 Å². The normalized spacial score (nSPS) is 14.3. The molecule has 0 spiro atoms. The van der Waals surface area contributed by atoms with Gasteiger partial charge in [0.05, 0.1) is 5.69 Å². The fourth-order valence-electron chi connectivity index (χ4n) is 3.50. The zero-order chi connectivity index (χ0) is 21.4. The first kappa shape index (κ1) is 19.9. The Hall–Kier alpha value is -3.36. The summed E-state index contributed by atoms with van der Waals surface area (Å²) in [6.07, 6.45) is 1.74. The highest BCUT2D eigenvalue weighted by Gasteiger charge is 2.24. The van der Waals surface area contributed by atoms with Gasteiger partial charge in [0.1, 0.15) is 23.8 Å². The van der Waals surface area contributed by atoms with Crippen LogP contribution in [0.25, 0.3) is 5.82 Å². The summed E-state index contributed by atoms with van der Waals surface area (Å²) in [5, 5.41) is 0. The van der Waals surface area contributed by atoms with Crippen LogP contribution in [0.4, 0.5) is 14.6 Å². The molecule has 1 amide bonds. The predicted octanol–water partition coefficient (Wildman–Crippen LogP) is 2.83. The Morgan fingerprint density at radius 1 is 0.933 bits per heavy atom. The SMILES string of the molecule is Cc1nc(N2CCN(C(=O)c3ccc(F)c(F)c3)CC2)cc(-n2cnc(C)c2C)n1. The Labute approximate surface area is 173 Å². The van der Waals surface area contributed by atoms with Crippen molar-refractivity contribution in [3.63, 3.8) is 0 Å². The largest absolute Gasteiger partial charge is 0.353 e. The van der Waals surface area contributed by atoms with Crippen molar-refractivity contribution in [2.24, 2.45) is 0 Å². The van der Waals surface area contributed by atoms with E-state index in [1.165, 1.54) is 6.07 Å². The Morgan fingerprint density at radius 3 is 2.27 bits per heavy atom. The number of amides is 1. The number of nitrogens with zero attached hydrogens (tertiary/aromatic N) is 6. The van der Waals surface area contributed by atoms with Gasteiger partial charge < -0.3 is 9.80 Å². The van der Waals surface area contributed by atoms with E-state index < -0.39 is 11.6 Å². The summed E-state index contributed by atoms with van der Waals surface area (Å²) in [5.74, 6) is -0.117. The minimum absolute atomic E-state index is 0.147. The lowest BCUT2D eigenvalue weighted by atomic mass is 10.1. The number of hydrogen-bond donors (Lipinski definition) is 0. The smallest absolute Gasteiger partial charge is 0.254 e. The maximum absolute atomic E-state index is 13.5. The van der Waals surface area contributed by atoms with Crippen LogP contribution in [0.3, 0.4) is 0 Å². The molecule has 0 bridgehead atoms. The minimum Gasteiger partial charge on any atom is -0.353 e. The van der Waals surface area contributed by atoms with Gasteiger partial charge in [0.2, 0.25) is 0 Å². The molecule has 3 aromatic rings. The van der Waals surface area contributed by atoms with Gasteiger partial charge in [0, 0.05) is 43.5 Å². The molecule has 1 aliphatic heterocycles. The Bertz CT molecular complexity index is 1100. The number of aryl methyl sites for hydroxylation is 2. The summed E-state index contributed by atoms with van der Waals surface area (Å²) < 4.78 is 28.5. The number of imidazole rings is 1. The van der Waals surface area contributed by atoms with Gasteiger partial charge in [0.15, 0.2) is 11.6 Å². The molecule has 0 atom stereocenters. The molecule has 0 N–H and O–H groups in total. The Balaban J connectivity index is 1.49. The molecule has 0 aliphatic carbocycles. The number of rotatable bonds is 3. The third kappa shape index (κ3) is 3.74. The van der Waals surface area contributed by atoms with Crippen molar-refractivity contribution in [1.29, 1.82) is 0 Å². The maximum atomic E-state index is 13.5. The molecular weight excluding hydrogens is 390 g/mol. The van der Waals surface area contributed by atoms with E-state index in [0.29, 0.717) is 32.0 Å². The second-order valence-electron chi connectivity index (χ2n) is 7.33. The van der Waals surface area contributed by atoms with Crippen LogP contribution >= 0.6 is 0 Å². The molecule has 0 unspecified atom stereocenters. The van der Waals surface area contributed by atoms with Gasteiger partial charge in [-0.05, 0) is 39.0 Å². The molecule has 1 aliphatic rings. The highest BCUT2D eigenvalue weighted by Crippen LogP contribution is 2.20. The Morgan fingerprint density at radius 2 is 1.63 bits per heavy atom. The van der Waals surface area contributed by atoms with Crippen LogP contribution in [-0.2, 0) is 0 Å². The fraction of sp³-hybridized carbons (Fsp3) is 0.333. The molecule has 1 fully saturated rings. The lowest BCUT2D eigenvalue weighted by molar-refractivity contribution is 0.0746.